The third kappa shape index (κ3) is 1.38. The Morgan fingerprint density at radius 1 is 1.38 bits per heavy atom. The summed E-state index contributed by atoms with van der Waals surface area (Å²) in [5.41, 5.74) is 0.274. The van der Waals surface area contributed by atoms with Crippen LogP contribution in [0.25, 0.3) is 0 Å². The number of amides is 1. The van der Waals surface area contributed by atoms with Crippen LogP contribution in [0.15, 0.2) is 12.7 Å². The molecule has 2 heteroatoms. The molecule has 13 heavy (non-hydrogen) atoms. The van der Waals surface area contributed by atoms with Crippen molar-refractivity contribution in [3.63, 3.8) is 0 Å². The number of hydrogen-bond donors (Lipinski definition) is 1. The highest BCUT2D eigenvalue weighted by atomic mass is 16.2. The van der Waals surface area contributed by atoms with Crippen molar-refractivity contribution in [2.24, 2.45) is 16.7 Å². The molecular weight excluding hydrogens is 162 g/mol. The molecule has 1 aliphatic rings. The van der Waals surface area contributed by atoms with E-state index in [1.165, 1.54) is 0 Å². The Balaban J connectivity index is 2.57. The van der Waals surface area contributed by atoms with Crippen molar-refractivity contribution in [1.29, 1.82) is 0 Å². The van der Waals surface area contributed by atoms with Crippen LogP contribution in [0.5, 0.6) is 0 Å². The zero-order valence-electron chi connectivity index (χ0n) is 8.98. The Morgan fingerprint density at radius 3 is 2.15 bits per heavy atom. The van der Waals surface area contributed by atoms with Crippen LogP contribution in [0.2, 0.25) is 0 Å². The molecule has 0 unspecified atom stereocenters. The van der Waals surface area contributed by atoms with Gasteiger partial charge in [0.2, 0.25) is 5.91 Å². The van der Waals surface area contributed by atoms with Crippen molar-refractivity contribution < 1.29 is 4.79 Å². The van der Waals surface area contributed by atoms with Gasteiger partial charge in [-0.25, -0.2) is 0 Å². The Kier molecular flexibility index (Phi) is 2.27. The zero-order valence-corrected chi connectivity index (χ0v) is 8.98. The van der Waals surface area contributed by atoms with Gasteiger partial charge in [0, 0.05) is 12.5 Å². The molecule has 1 N–H and O–H groups in total. The van der Waals surface area contributed by atoms with Crippen LogP contribution in [-0.2, 0) is 4.79 Å². The van der Waals surface area contributed by atoms with Gasteiger partial charge in [-0.3, -0.25) is 4.79 Å². The summed E-state index contributed by atoms with van der Waals surface area (Å²) in [6, 6.07) is 0. The van der Waals surface area contributed by atoms with Crippen LogP contribution in [0.4, 0.5) is 0 Å². The van der Waals surface area contributed by atoms with Gasteiger partial charge in [0.05, 0.1) is 0 Å². The number of carbonyl (C=O) groups excluding carboxylic acids is 1. The van der Waals surface area contributed by atoms with E-state index in [-0.39, 0.29) is 22.7 Å². The monoisotopic (exact) mass is 181 g/mol. The summed E-state index contributed by atoms with van der Waals surface area (Å²) in [5, 5.41) is 2.85. The molecule has 1 saturated carbocycles. The average Bonchev–Trinajstić information content (AvgIpc) is 2.39. The van der Waals surface area contributed by atoms with Gasteiger partial charge in [-0.1, -0.05) is 33.8 Å². The zero-order chi connectivity index (χ0) is 10.3. The molecule has 1 rings (SSSR count). The van der Waals surface area contributed by atoms with E-state index in [2.05, 4.69) is 39.6 Å². The van der Waals surface area contributed by atoms with Crippen molar-refractivity contribution in [3.8, 4) is 0 Å². The summed E-state index contributed by atoms with van der Waals surface area (Å²) in [6.45, 7) is 12.7. The number of rotatable bonds is 3. The standard InChI is InChI=1S/C11H19NO/c1-6-7-12-9(13)8-10(2,3)11(8,4)5/h6,8H,1,7H2,2-5H3,(H,12,13). The molecule has 1 aliphatic carbocycles. The van der Waals surface area contributed by atoms with E-state index in [0.717, 1.165) is 0 Å². The first-order valence-corrected chi connectivity index (χ1v) is 4.74. The highest BCUT2D eigenvalue weighted by Crippen LogP contribution is 2.68. The predicted molar refractivity (Wildman–Crippen MR) is 54.3 cm³/mol. The van der Waals surface area contributed by atoms with Crippen molar-refractivity contribution in [2.75, 3.05) is 6.54 Å². The number of carbonyl (C=O) groups is 1. The minimum absolute atomic E-state index is 0.137. The first-order chi connectivity index (χ1) is 5.85. The highest BCUT2D eigenvalue weighted by molar-refractivity contribution is 5.84. The van der Waals surface area contributed by atoms with Gasteiger partial charge in [0.1, 0.15) is 0 Å². The summed E-state index contributed by atoms with van der Waals surface area (Å²) in [5.74, 6) is 0.315. The summed E-state index contributed by atoms with van der Waals surface area (Å²) >= 11 is 0. The lowest BCUT2D eigenvalue weighted by molar-refractivity contribution is -0.123. The molecule has 2 nitrogen and oxygen atoms in total. The molecule has 0 aliphatic heterocycles. The van der Waals surface area contributed by atoms with Crippen LogP contribution in [0, 0.1) is 16.7 Å². The van der Waals surface area contributed by atoms with Gasteiger partial charge in [-0.15, -0.1) is 6.58 Å². The van der Waals surface area contributed by atoms with E-state index in [4.69, 9.17) is 0 Å². The Hall–Kier alpha value is -0.790. The normalized spacial score (nSPS) is 23.7. The molecule has 0 radical (unpaired) electrons. The minimum atomic E-state index is 0.137. The van der Waals surface area contributed by atoms with Gasteiger partial charge >= 0.3 is 0 Å². The fraction of sp³-hybridized carbons (Fsp3) is 0.727. The molecule has 1 fully saturated rings. The van der Waals surface area contributed by atoms with Crippen molar-refractivity contribution in [1.82, 2.24) is 5.32 Å². The molecule has 0 aromatic rings. The molecule has 0 aromatic heterocycles. The largest absolute Gasteiger partial charge is 0.352 e. The van der Waals surface area contributed by atoms with E-state index < -0.39 is 0 Å². The lowest BCUT2D eigenvalue weighted by Crippen LogP contribution is -2.27. The van der Waals surface area contributed by atoms with Gasteiger partial charge in [0.15, 0.2) is 0 Å². The molecule has 1 amide bonds. The fourth-order valence-corrected chi connectivity index (χ4v) is 2.13. The average molecular weight is 181 g/mol. The fourth-order valence-electron chi connectivity index (χ4n) is 2.13. The first-order valence-electron chi connectivity index (χ1n) is 4.74. The lowest BCUT2D eigenvalue weighted by atomic mass is 10.0. The molecular formula is C11H19NO. The quantitative estimate of drug-likeness (QED) is 0.663. The number of nitrogens with one attached hydrogen (secondary N) is 1. The summed E-state index contributed by atoms with van der Waals surface area (Å²) in [4.78, 5) is 11.6. The molecule has 0 atom stereocenters. The Morgan fingerprint density at radius 2 is 1.85 bits per heavy atom. The highest BCUT2D eigenvalue weighted by Gasteiger charge is 2.68. The van der Waals surface area contributed by atoms with Gasteiger partial charge in [-0.2, -0.15) is 0 Å². The first kappa shape index (κ1) is 10.3. The third-order valence-electron chi connectivity index (χ3n) is 3.70. The minimum Gasteiger partial charge on any atom is -0.352 e. The van der Waals surface area contributed by atoms with Gasteiger partial charge < -0.3 is 5.32 Å². The van der Waals surface area contributed by atoms with E-state index in [9.17, 15) is 4.79 Å². The second kappa shape index (κ2) is 2.86. The second-order valence-corrected chi connectivity index (χ2v) is 4.91. The topological polar surface area (TPSA) is 29.1 Å². The van der Waals surface area contributed by atoms with Gasteiger partial charge in [-0.05, 0) is 10.8 Å². The van der Waals surface area contributed by atoms with Crippen LogP contribution in [0.1, 0.15) is 27.7 Å². The van der Waals surface area contributed by atoms with Crippen molar-refractivity contribution in [2.45, 2.75) is 27.7 Å². The Bertz CT molecular complexity index is 226. The number of hydrogen-bond acceptors (Lipinski definition) is 1. The molecule has 0 aromatic carbocycles. The van der Waals surface area contributed by atoms with E-state index >= 15 is 0 Å². The molecule has 0 bridgehead atoms. The van der Waals surface area contributed by atoms with E-state index in [0.29, 0.717) is 6.54 Å². The lowest BCUT2D eigenvalue weighted by Gasteiger charge is -2.03. The van der Waals surface area contributed by atoms with Crippen molar-refractivity contribution in [3.05, 3.63) is 12.7 Å². The summed E-state index contributed by atoms with van der Waals surface area (Å²) in [7, 11) is 0. The van der Waals surface area contributed by atoms with E-state index in [1.54, 1.807) is 6.08 Å². The predicted octanol–water partition coefficient (Wildman–Crippen LogP) is 1.97. The molecule has 0 spiro atoms. The molecule has 0 saturated heterocycles. The maximum Gasteiger partial charge on any atom is 0.224 e. The van der Waals surface area contributed by atoms with Crippen LogP contribution in [-0.4, -0.2) is 12.5 Å². The maximum absolute atomic E-state index is 11.6. The van der Waals surface area contributed by atoms with Crippen LogP contribution < -0.4 is 5.32 Å². The maximum atomic E-state index is 11.6. The smallest absolute Gasteiger partial charge is 0.224 e. The molecule has 74 valence electrons. The van der Waals surface area contributed by atoms with Crippen LogP contribution >= 0.6 is 0 Å². The second-order valence-electron chi connectivity index (χ2n) is 4.91. The Labute approximate surface area is 80.4 Å². The molecule has 0 heterocycles. The van der Waals surface area contributed by atoms with Crippen LogP contribution in [0.3, 0.4) is 0 Å². The van der Waals surface area contributed by atoms with E-state index in [1.807, 2.05) is 0 Å². The van der Waals surface area contributed by atoms with Crippen molar-refractivity contribution >= 4 is 5.91 Å². The summed E-state index contributed by atoms with van der Waals surface area (Å²) in [6.07, 6.45) is 1.71. The third-order valence-corrected chi connectivity index (χ3v) is 3.70. The summed E-state index contributed by atoms with van der Waals surface area (Å²) < 4.78 is 0. The van der Waals surface area contributed by atoms with Gasteiger partial charge in [0.25, 0.3) is 0 Å². The SMILES string of the molecule is C=CCNC(=O)C1C(C)(C)C1(C)C.